The van der Waals surface area contributed by atoms with Gasteiger partial charge in [0.15, 0.2) is 23.2 Å². The van der Waals surface area contributed by atoms with Crippen molar-refractivity contribution in [1.82, 2.24) is 10.3 Å². The number of nitrogens with one attached hydrogen (secondary N) is 2. The van der Waals surface area contributed by atoms with Crippen molar-refractivity contribution in [3.63, 3.8) is 0 Å². The summed E-state index contributed by atoms with van der Waals surface area (Å²) in [6.45, 7) is 6.30. The minimum absolute atomic E-state index is 0.116. The molecule has 180 valence electrons. The number of nitrogens with zero attached hydrogens (tertiary/aromatic N) is 1. The molecule has 0 spiro atoms. The molecule has 1 aromatic heterocycles. The largest absolute Gasteiger partial charge is 0.484 e. The summed E-state index contributed by atoms with van der Waals surface area (Å²) < 4.78 is 11.4. The number of hydrogen-bond acceptors (Lipinski definition) is 5. The first kappa shape index (κ1) is 24.4. The Balaban J connectivity index is 1.27. The summed E-state index contributed by atoms with van der Waals surface area (Å²) in [5.41, 5.74) is 5.97. The molecule has 0 radical (unpaired) electrons. The molecule has 35 heavy (non-hydrogen) atoms. The van der Waals surface area contributed by atoms with Crippen LogP contribution in [0.4, 0.5) is 5.69 Å². The highest BCUT2D eigenvalue weighted by Crippen LogP contribution is 2.23. The van der Waals surface area contributed by atoms with E-state index in [2.05, 4.69) is 48.5 Å². The Morgan fingerprint density at radius 2 is 1.74 bits per heavy atom. The number of ether oxygens (including phenoxy) is 1. The molecule has 7 heteroatoms. The van der Waals surface area contributed by atoms with E-state index in [4.69, 9.17) is 21.4 Å². The van der Waals surface area contributed by atoms with Crippen LogP contribution in [0.15, 0.2) is 71.1 Å². The third kappa shape index (κ3) is 6.67. The van der Waals surface area contributed by atoms with Gasteiger partial charge in [-0.05, 0) is 77.6 Å². The van der Waals surface area contributed by atoms with Gasteiger partial charge in [0.25, 0.3) is 5.91 Å². The highest BCUT2D eigenvalue weighted by atomic mass is 32.1. The lowest BCUT2D eigenvalue weighted by Crippen LogP contribution is -2.37. The fourth-order valence-corrected chi connectivity index (χ4v) is 3.83. The van der Waals surface area contributed by atoms with Crippen molar-refractivity contribution in [2.75, 3.05) is 11.9 Å². The van der Waals surface area contributed by atoms with Gasteiger partial charge in [0, 0.05) is 12.1 Å². The monoisotopic (exact) mass is 487 g/mol. The number of fused-ring (bicyclic) bond motifs is 1. The van der Waals surface area contributed by atoms with E-state index in [1.807, 2.05) is 54.6 Å². The molecule has 0 aliphatic carbocycles. The number of thiocarbonyl (C=S) groups is 1. The summed E-state index contributed by atoms with van der Waals surface area (Å²) in [6.07, 6.45) is 1.54. The van der Waals surface area contributed by atoms with Crippen molar-refractivity contribution in [2.45, 2.75) is 39.5 Å². The van der Waals surface area contributed by atoms with E-state index in [9.17, 15) is 4.79 Å². The first-order valence-corrected chi connectivity index (χ1v) is 12.1. The highest BCUT2D eigenvalue weighted by Gasteiger charge is 2.10. The van der Waals surface area contributed by atoms with E-state index in [-0.39, 0.29) is 17.6 Å². The van der Waals surface area contributed by atoms with Crippen LogP contribution in [0.25, 0.3) is 11.1 Å². The molecule has 2 N–H and O–H groups in total. The number of rotatable bonds is 8. The third-order valence-electron chi connectivity index (χ3n) is 5.64. The third-order valence-corrected chi connectivity index (χ3v) is 5.85. The van der Waals surface area contributed by atoms with Gasteiger partial charge >= 0.3 is 0 Å². The Labute approximate surface area is 210 Å². The fourth-order valence-electron chi connectivity index (χ4n) is 3.60. The number of aryl methyl sites for hydroxylation is 1. The Morgan fingerprint density at radius 1 is 1.03 bits per heavy atom. The molecule has 0 aliphatic heterocycles. The van der Waals surface area contributed by atoms with Crippen LogP contribution in [0, 0.1) is 0 Å². The van der Waals surface area contributed by atoms with Gasteiger partial charge in [0.1, 0.15) is 11.3 Å². The molecular weight excluding hydrogens is 458 g/mol. The summed E-state index contributed by atoms with van der Waals surface area (Å²) in [4.78, 5) is 16.8. The van der Waals surface area contributed by atoms with Crippen LogP contribution in [-0.2, 0) is 17.6 Å². The SMILES string of the molecule is CCc1ccc(OCC(=O)NC(=S)Nc2ccc(Cc3nc4cc(C(C)C)ccc4o3)cc2)cc1. The Morgan fingerprint density at radius 3 is 2.43 bits per heavy atom. The van der Waals surface area contributed by atoms with Crippen LogP contribution in [0.3, 0.4) is 0 Å². The molecule has 0 saturated carbocycles. The number of carbonyl (C=O) groups excluding carboxylic acids is 1. The number of aromatic nitrogens is 1. The van der Waals surface area contributed by atoms with Crippen LogP contribution in [0.1, 0.15) is 49.3 Å². The van der Waals surface area contributed by atoms with E-state index in [1.165, 1.54) is 11.1 Å². The Bertz CT molecular complexity index is 1310. The standard InChI is InChI=1S/C28H29N3O3S/c1-4-19-7-12-23(13-8-19)33-17-26(32)31-28(35)29-22-10-5-20(6-11-22)15-27-30-24-16-21(18(2)3)9-14-25(24)34-27/h5-14,16,18H,4,15,17H2,1-3H3,(H2,29,31,32,35). The van der Waals surface area contributed by atoms with Crippen molar-refractivity contribution in [3.05, 3.63) is 89.3 Å². The van der Waals surface area contributed by atoms with Gasteiger partial charge in [-0.15, -0.1) is 0 Å². The molecule has 0 unspecified atom stereocenters. The van der Waals surface area contributed by atoms with Gasteiger partial charge in [-0.3, -0.25) is 10.1 Å². The molecule has 0 aliphatic rings. The summed E-state index contributed by atoms with van der Waals surface area (Å²) in [7, 11) is 0. The molecule has 0 bridgehead atoms. The minimum Gasteiger partial charge on any atom is -0.484 e. The number of benzene rings is 3. The quantitative estimate of drug-likeness (QED) is 0.297. The molecule has 0 atom stereocenters. The number of carbonyl (C=O) groups is 1. The molecule has 4 aromatic rings. The number of hydrogen-bond donors (Lipinski definition) is 2. The molecule has 6 nitrogen and oxygen atoms in total. The zero-order valence-corrected chi connectivity index (χ0v) is 20.9. The van der Waals surface area contributed by atoms with Gasteiger partial charge in [-0.25, -0.2) is 4.98 Å². The van der Waals surface area contributed by atoms with E-state index in [1.54, 1.807) is 0 Å². The normalized spacial score (nSPS) is 11.0. The van der Waals surface area contributed by atoms with Crippen LogP contribution in [0.2, 0.25) is 0 Å². The molecule has 1 heterocycles. The number of anilines is 1. The van der Waals surface area contributed by atoms with E-state index in [0.717, 1.165) is 28.8 Å². The van der Waals surface area contributed by atoms with Crippen molar-refractivity contribution in [3.8, 4) is 5.75 Å². The first-order chi connectivity index (χ1) is 16.9. The highest BCUT2D eigenvalue weighted by molar-refractivity contribution is 7.80. The lowest BCUT2D eigenvalue weighted by atomic mass is 10.0. The molecular formula is C28H29N3O3S. The van der Waals surface area contributed by atoms with Crippen molar-refractivity contribution in [2.24, 2.45) is 0 Å². The molecule has 4 rings (SSSR count). The van der Waals surface area contributed by atoms with E-state index >= 15 is 0 Å². The van der Waals surface area contributed by atoms with Gasteiger partial charge in [-0.1, -0.05) is 51.1 Å². The number of oxazole rings is 1. The Hall–Kier alpha value is -3.71. The second kappa shape index (κ2) is 11.1. The maximum atomic E-state index is 12.1. The predicted octanol–water partition coefficient (Wildman–Crippen LogP) is 6.00. The predicted molar refractivity (Wildman–Crippen MR) is 143 cm³/mol. The van der Waals surface area contributed by atoms with Gasteiger partial charge in [0.05, 0.1) is 0 Å². The van der Waals surface area contributed by atoms with Crippen molar-refractivity contribution in [1.29, 1.82) is 0 Å². The van der Waals surface area contributed by atoms with Gasteiger partial charge in [0.2, 0.25) is 0 Å². The Kier molecular flexibility index (Phi) is 7.77. The van der Waals surface area contributed by atoms with Crippen molar-refractivity contribution >= 4 is 40.0 Å². The van der Waals surface area contributed by atoms with Crippen LogP contribution in [-0.4, -0.2) is 22.6 Å². The molecule has 0 saturated heterocycles. The van der Waals surface area contributed by atoms with Gasteiger partial charge < -0.3 is 14.5 Å². The molecule has 1 amide bonds. The average molecular weight is 488 g/mol. The van der Waals surface area contributed by atoms with Gasteiger partial charge in [-0.2, -0.15) is 0 Å². The first-order valence-electron chi connectivity index (χ1n) is 11.7. The van der Waals surface area contributed by atoms with E-state index < -0.39 is 0 Å². The maximum absolute atomic E-state index is 12.1. The summed E-state index contributed by atoms with van der Waals surface area (Å²) in [5, 5.41) is 5.87. The van der Waals surface area contributed by atoms with Crippen molar-refractivity contribution < 1.29 is 13.9 Å². The van der Waals surface area contributed by atoms with Crippen LogP contribution >= 0.6 is 12.2 Å². The molecule has 3 aromatic carbocycles. The minimum atomic E-state index is -0.324. The number of amides is 1. The topological polar surface area (TPSA) is 76.4 Å². The summed E-state index contributed by atoms with van der Waals surface area (Å²) in [6, 6.07) is 21.6. The zero-order valence-electron chi connectivity index (χ0n) is 20.1. The van der Waals surface area contributed by atoms with Crippen LogP contribution in [0.5, 0.6) is 5.75 Å². The zero-order chi connectivity index (χ0) is 24.8. The second-order valence-electron chi connectivity index (χ2n) is 8.65. The smallest absolute Gasteiger partial charge is 0.264 e. The van der Waals surface area contributed by atoms with E-state index in [0.29, 0.717) is 24.0 Å². The fraction of sp³-hybridized carbons (Fsp3) is 0.250. The average Bonchev–Trinajstić information content (AvgIpc) is 3.25. The maximum Gasteiger partial charge on any atom is 0.264 e. The molecule has 0 fully saturated rings. The summed E-state index contributed by atoms with van der Waals surface area (Å²) in [5.74, 6) is 1.44. The van der Waals surface area contributed by atoms with Crippen LogP contribution < -0.4 is 15.4 Å². The summed E-state index contributed by atoms with van der Waals surface area (Å²) >= 11 is 5.26. The lowest BCUT2D eigenvalue weighted by molar-refractivity contribution is -0.121. The second-order valence-corrected chi connectivity index (χ2v) is 9.06. The lowest BCUT2D eigenvalue weighted by Gasteiger charge is -2.11.